The van der Waals surface area contributed by atoms with Crippen LogP contribution >= 0.6 is 11.6 Å². The Morgan fingerprint density at radius 2 is 1.86 bits per heavy atom. The number of imidazole rings is 1. The number of rotatable bonds is 7. The third kappa shape index (κ3) is 6.47. The minimum absolute atomic E-state index is 0.112. The monoisotopic (exact) mass is 528 g/mol. The second kappa shape index (κ2) is 10.9. The molecule has 1 amide bonds. The normalized spacial score (nSPS) is 19.6. The summed E-state index contributed by atoms with van der Waals surface area (Å²) in [5, 5.41) is 5.56. The van der Waals surface area contributed by atoms with Crippen molar-refractivity contribution in [1.82, 2.24) is 14.9 Å². The number of hydrogen-bond acceptors (Lipinski definition) is 4. The topological polar surface area (TPSA) is 68.2 Å². The molecule has 0 unspecified atom stereocenters. The van der Waals surface area contributed by atoms with Gasteiger partial charge in [0, 0.05) is 23.7 Å². The van der Waals surface area contributed by atoms with Gasteiger partial charge < -0.3 is 15.4 Å². The number of hydrogen-bond donors (Lipinski definition) is 2. The van der Waals surface area contributed by atoms with Crippen LogP contribution in [0.3, 0.4) is 0 Å². The molecule has 3 rings (SSSR count). The molecule has 1 heterocycles. The van der Waals surface area contributed by atoms with Gasteiger partial charge in [-0.3, -0.25) is 9.36 Å². The van der Waals surface area contributed by atoms with Crippen LogP contribution in [-0.2, 0) is 5.41 Å². The van der Waals surface area contributed by atoms with Gasteiger partial charge in [0.15, 0.2) is 5.69 Å². The lowest BCUT2D eigenvalue weighted by Crippen LogP contribution is -2.33. The second-order valence-corrected chi connectivity index (χ2v) is 11.1. The van der Waals surface area contributed by atoms with Crippen molar-refractivity contribution in [2.75, 3.05) is 19.0 Å². The summed E-state index contributed by atoms with van der Waals surface area (Å²) in [5.41, 5.74) is 0.342. The first kappa shape index (κ1) is 28.2. The minimum Gasteiger partial charge on any atom is -0.494 e. The molecule has 1 saturated carbocycles. The molecule has 0 radical (unpaired) electrons. The molecule has 1 fully saturated rings. The molecule has 6 nitrogen and oxygen atoms in total. The molecule has 0 spiro atoms. The molecule has 36 heavy (non-hydrogen) atoms. The lowest BCUT2D eigenvalue weighted by Gasteiger charge is -2.26. The van der Waals surface area contributed by atoms with Gasteiger partial charge in [-0.2, -0.15) is 13.2 Å². The quantitative estimate of drug-likeness (QED) is 0.417. The Hall–Kier alpha value is -2.42. The fourth-order valence-corrected chi connectivity index (χ4v) is 4.71. The smallest absolute Gasteiger partial charge is 0.408 e. The summed E-state index contributed by atoms with van der Waals surface area (Å²) < 4.78 is 46.2. The van der Waals surface area contributed by atoms with Crippen molar-refractivity contribution in [2.24, 2.45) is 11.8 Å². The lowest BCUT2D eigenvalue weighted by atomic mass is 9.83. The highest BCUT2D eigenvalue weighted by molar-refractivity contribution is 6.33. The zero-order valence-corrected chi connectivity index (χ0v) is 22.5. The van der Waals surface area contributed by atoms with E-state index in [-0.39, 0.29) is 22.4 Å². The molecule has 1 atom stereocenters. The van der Waals surface area contributed by atoms with Crippen LogP contribution in [0.25, 0.3) is 5.69 Å². The van der Waals surface area contributed by atoms with Crippen LogP contribution in [0.15, 0.2) is 18.2 Å². The van der Waals surface area contributed by atoms with E-state index in [9.17, 15) is 18.0 Å². The number of halogens is 4. The third-order valence-corrected chi connectivity index (χ3v) is 7.04. The molecule has 1 aromatic carbocycles. The number of alkyl halides is 3. The largest absolute Gasteiger partial charge is 0.494 e. The standard InChI is InChI=1S/C26H36ClF3N4O2/c1-15-7-9-17(10-8-15)14-31-23(35)21-22(27)34(24(33-21)25(3,4)5)19-12-11-18(13-20(19)36-6)32-16(2)26(28,29)30/h11-13,15-17,32H,7-10,14H2,1-6H3,(H,31,35)/t15?,16-,17?/m1/s1. The maximum absolute atomic E-state index is 13.1. The first-order valence-electron chi connectivity index (χ1n) is 12.3. The Balaban J connectivity index is 1.93. The van der Waals surface area contributed by atoms with Gasteiger partial charge in [-0.15, -0.1) is 0 Å². The SMILES string of the molecule is COc1cc(N[C@H](C)C(F)(F)F)ccc1-n1c(C(C)(C)C)nc(C(=O)NCC2CCC(C)CC2)c1Cl. The Morgan fingerprint density at radius 3 is 2.42 bits per heavy atom. The molecule has 1 aromatic heterocycles. The first-order chi connectivity index (χ1) is 16.7. The van der Waals surface area contributed by atoms with Gasteiger partial charge >= 0.3 is 6.18 Å². The van der Waals surface area contributed by atoms with Crippen LogP contribution in [0.2, 0.25) is 5.15 Å². The summed E-state index contributed by atoms with van der Waals surface area (Å²) in [4.78, 5) is 17.7. The van der Waals surface area contributed by atoms with Gasteiger partial charge in [0.05, 0.1) is 12.8 Å². The van der Waals surface area contributed by atoms with Gasteiger partial charge in [0.2, 0.25) is 0 Å². The summed E-state index contributed by atoms with van der Waals surface area (Å²) in [6.45, 7) is 9.70. The van der Waals surface area contributed by atoms with Crippen LogP contribution in [0, 0.1) is 11.8 Å². The predicted octanol–water partition coefficient (Wildman–Crippen LogP) is 6.75. The molecule has 2 aromatic rings. The van der Waals surface area contributed by atoms with Crippen molar-refractivity contribution >= 4 is 23.2 Å². The van der Waals surface area contributed by atoms with Crippen molar-refractivity contribution in [2.45, 2.75) is 77.9 Å². The van der Waals surface area contributed by atoms with Crippen molar-refractivity contribution < 1.29 is 22.7 Å². The molecule has 0 bridgehead atoms. The summed E-state index contributed by atoms with van der Waals surface area (Å²) in [7, 11) is 1.43. The predicted molar refractivity (Wildman–Crippen MR) is 136 cm³/mol. The number of aromatic nitrogens is 2. The molecule has 0 aliphatic heterocycles. The van der Waals surface area contributed by atoms with E-state index in [1.807, 2.05) is 20.8 Å². The number of nitrogens with zero attached hydrogens (tertiary/aromatic N) is 2. The number of benzene rings is 1. The zero-order chi connectivity index (χ0) is 26.8. The first-order valence-corrected chi connectivity index (χ1v) is 12.7. The maximum Gasteiger partial charge on any atom is 0.408 e. The molecule has 2 N–H and O–H groups in total. The number of ether oxygens (including phenoxy) is 1. The highest BCUT2D eigenvalue weighted by atomic mass is 35.5. The van der Waals surface area contributed by atoms with E-state index < -0.39 is 17.6 Å². The van der Waals surface area contributed by atoms with Gasteiger partial charge in [0.25, 0.3) is 5.91 Å². The summed E-state index contributed by atoms with van der Waals surface area (Å²) in [6.07, 6.45) is 0.104. The Morgan fingerprint density at radius 1 is 1.22 bits per heavy atom. The summed E-state index contributed by atoms with van der Waals surface area (Å²) in [6, 6.07) is 2.87. The molecular weight excluding hydrogens is 493 g/mol. The molecule has 1 aliphatic rings. The summed E-state index contributed by atoms with van der Waals surface area (Å²) >= 11 is 6.74. The van der Waals surface area contributed by atoms with Gasteiger partial charge in [0.1, 0.15) is 22.8 Å². The van der Waals surface area contributed by atoms with Crippen molar-refractivity contribution in [3.8, 4) is 11.4 Å². The van der Waals surface area contributed by atoms with Crippen LogP contribution < -0.4 is 15.4 Å². The zero-order valence-electron chi connectivity index (χ0n) is 21.7. The lowest BCUT2D eigenvalue weighted by molar-refractivity contribution is -0.138. The fraction of sp³-hybridized carbons (Fsp3) is 0.615. The number of methoxy groups -OCH3 is 1. The maximum atomic E-state index is 13.1. The van der Waals surface area contributed by atoms with Crippen molar-refractivity contribution in [3.05, 3.63) is 34.9 Å². The Kier molecular flexibility index (Phi) is 8.53. The van der Waals surface area contributed by atoms with E-state index in [1.54, 1.807) is 10.6 Å². The third-order valence-electron chi connectivity index (χ3n) is 6.69. The van der Waals surface area contributed by atoms with E-state index >= 15 is 0 Å². The fourth-order valence-electron chi connectivity index (χ4n) is 4.41. The molecule has 0 saturated heterocycles. The van der Waals surface area contributed by atoms with E-state index in [0.29, 0.717) is 29.7 Å². The van der Waals surface area contributed by atoms with Gasteiger partial charge in [-0.05, 0) is 43.7 Å². The highest BCUT2D eigenvalue weighted by Gasteiger charge is 2.36. The summed E-state index contributed by atoms with van der Waals surface area (Å²) in [5.74, 6) is 1.64. The van der Waals surface area contributed by atoms with Crippen LogP contribution in [0.5, 0.6) is 5.75 Å². The van der Waals surface area contributed by atoms with Crippen molar-refractivity contribution in [1.29, 1.82) is 0 Å². The Labute approximate surface area is 216 Å². The van der Waals surface area contributed by atoms with Gasteiger partial charge in [-0.1, -0.05) is 52.1 Å². The molecule has 10 heteroatoms. The highest BCUT2D eigenvalue weighted by Crippen LogP contribution is 2.36. The van der Waals surface area contributed by atoms with E-state index in [0.717, 1.165) is 38.5 Å². The number of nitrogens with one attached hydrogen (secondary N) is 2. The van der Waals surface area contributed by atoms with E-state index in [1.165, 1.54) is 19.2 Å². The van der Waals surface area contributed by atoms with Crippen LogP contribution in [0.4, 0.5) is 18.9 Å². The molecular formula is C26H36ClF3N4O2. The van der Waals surface area contributed by atoms with E-state index in [4.69, 9.17) is 16.3 Å². The number of carbonyl (C=O) groups is 1. The second-order valence-electron chi connectivity index (χ2n) is 10.8. The average molecular weight is 529 g/mol. The van der Waals surface area contributed by atoms with Crippen molar-refractivity contribution in [3.63, 3.8) is 0 Å². The minimum atomic E-state index is -4.39. The number of amides is 1. The van der Waals surface area contributed by atoms with Crippen LogP contribution in [0.1, 0.15) is 76.6 Å². The van der Waals surface area contributed by atoms with Gasteiger partial charge in [-0.25, -0.2) is 4.98 Å². The number of carbonyl (C=O) groups excluding carboxylic acids is 1. The number of anilines is 1. The van der Waals surface area contributed by atoms with Crippen LogP contribution in [-0.4, -0.2) is 41.3 Å². The molecule has 1 aliphatic carbocycles. The van der Waals surface area contributed by atoms with E-state index in [2.05, 4.69) is 22.5 Å². The molecule has 200 valence electrons. The average Bonchev–Trinajstić information content (AvgIpc) is 3.15. The Bertz CT molecular complexity index is 1070.